The van der Waals surface area contributed by atoms with Crippen molar-refractivity contribution in [3.8, 4) is 0 Å². The van der Waals surface area contributed by atoms with Crippen molar-refractivity contribution in [1.29, 1.82) is 0 Å². The third-order valence-electron chi connectivity index (χ3n) is 3.17. The minimum atomic E-state index is 0.122. The van der Waals surface area contributed by atoms with Crippen molar-refractivity contribution < 1.29 is 4.74 Å². The van der Waals surface area contributed by atoms with Crippen LogP contribution in [0.1, 0.15) is 12.0 Å². The molecule has 0 radical (unpaired) electrons. The molecule has 1 saturated heterocycles. The van der Waals surface area contributed by atoms with Gasteiger partial charge in [0.05, 0.1) is 12.0 Å². The van der Waals surface area contributed by atoms with Crippen LogP contribution >= 0.6 is 12.2 Å². The van der Waals surface area contributed by atoms with Crippen molar-refractivity contribution >= 4 is 17.3 Å². The number of ether oxygens (including phenoxy) is 1. The molecular weight excluding hydrogens is 180 g/mol. The van der Waals surface area contributed by atoms with Gasteiger partial charge in [-0.1, -0.05) is 30.3 Å². The smallest absolute Gasteiger partial charge is 0.170 e. The summed E-state index contributed by atoms with van der Waals surface area (Å²) in [6.07, 6.45) is 1.19. The van der Waals surface area contributed by atoms with Crippen LogP contribution in [0.25, 0.3) is 0 Å². The van der Waals surface area contributed by atoms with E-state index in [1.54, 1.807) is 0 Å². The van der Waals surface area contributed by atoms with Crippen molar-refractivity contribution in [2.75, 3.05) is 6.61 Å². The van der Waals surface area contributed by atoms with Gasteiger partial charge in [-0.05, 0) is 24.2 Å². The lowest BCUT2D eigenvalue weighted by Gasteiger charge is -2.11. The summed E-state index contributed by atoms with van der Waals surface area (Å²) in [5.41, 5.74) is 1.46. The Morgan fingerprint density at radius 3 is 2.62 bits per heavy atom. The molecule has 2 fully saturated rings. The zero-order valence-corrected chi connectivity index (χ0v) is 8.01. The molecule has 3 rings (SSSR count). The second-order valence-electron chi connectivity index (χ2n) is 3.84. The van der Waals surface area contributed by atoms with Crippen LogP contribution in [-0.2, 0) is 10.2 Å². The van der Waals surface area contributed by atoms with Crippen LogP contribution in [0.15, 0.2) is 30.3 Å². The van der Waals surface area contributed by atoms with Crippen LogP contribution in [0.4, 0.5) is 0 Å². The second-order valence-corrected chi connectivity index (χ2v) is 4.21. The third-order valence-corrected chi connectivity index (χ3v) is 3.66. The van der Waals surface area contributed by atoms with E-state index in [1.807, 2.05) is 6.07 Å². The van der Waals surface area contributed by atoms with Crippen LogP contribution in [0.5, 0.6) is 0 Å². The molecule has 2 aliphatic rings. The minimum Gasteiger partial charge on any atom is -0.486 e. The van der Waals surface area contributed by atoms with Crippen LogP contribution in [0.2, 0.25) is 0 Å². The third kappa shape index (κ3) is 0.841. The number of hydrogen-bond donors (Lipinski definition) is 0. The van der Waals surface area contributed by atoms with Crippen molar-refractivity contribution in [3.63, 3.8) is 0 Å². The fourth-order valence-corrected chi connectivity index (χ4v) is 2.73. The monoisotopic (exact) mass is 190 g/mol. The summed E-state index contributed by atoms with van der Waals surface area (Å²) in [4.78, 5) is 0. The summed E-state index contributed by atoms with van der Waals surface area (Å²) >= 11 is 5.26. The summed E-state index contributed by atoms with van der Waals surface area (Å²) < 4.78 is 5.40. The van der Waals surface area contributed by atoms with Gasteiger partial charge in [0.1, 0.15) is 0 Å². The topological polar surface area (TPSA) is 9.23 Å². The fraction of sp³-hybridized carbons (Fsp3) is 0.364. The van der Waals surface area contributed by atoms with Crippen molar-refractivity contribution in [3.05, 3.63) is 35.9 Å². The Bertz CT molecular complexity index is 360. The van der Waals surface area contributed by atoms with Gasteiger partial charge in [0.25, 0.3) is 0 Å². The number of benzene rings is 1. The standard InChI is InChI=1S/C11H10OS/c13-10-11(6-9(11)7-12-10)8-4-2-1-3-5-8/h1-5,9H,6-7H2. The molecule has 2 heteroatoms. The van der Waals surface area contributed by atoms with Gasteiger partial charge in [0, 0.05) is 5.92 Å². The average molecular weight is 190 g/mol. The molecule has 0 N–H and O–H groups in total. The highest BCUT2D eigenvalue weighted by Gasteiger charge is 2.63. The largest absolute Gasteiger partial charge is 0.486 e. The number of fused-ring (bicyclic) bond motifs is 1. The fourth-order valence-electron chi connectivity index (χ4n) is 2.29. The molecule has 0 aromatic heterocycles. The molecule has 1 heterocycles. The first-order valence-electron chi connectivity index (χ1n) is 4.57. The van der Waals surface area contributed by atoms with E-state index >= 15 is 0 Å². The maximum atomic E-state index is 5.40. The zero-order chi connectivity index (χ0) is 8.89. The molecule has 2 unspecified atom stereocenters. The van der Waals surface area contributed by atoms with Crippen LogP contribution in [0, 0.1) is 5.92 Å². The van der Waals surface area contributed by atoms with Gasteiger partial charge in [-0.3, -0.25) is 0 Å². The molecule has 2 atom stereocenters. The molecule has 1 nitrogen and oxygen atoms in total. The maximum Gasteiger partial charge on any atom is 0.170 e. The molecule has 0 amide bonds. The molecule has 0 spiro atoms. The minimum absolute atomic E-state index is 0.122. The van der Waals surface area contributed by atoms with Gasteiger partial charge < -0.3 is 4.74 Å². The van der Waals surface area contributed by atoms with E-state index in [-0.39, 0.29) is 5.41 Å². The molecule has 66 valence electrons. The first-order valence-corrected chi connectivity index (χ1v) is 4.97. The SMILES string of the molecule is S=C1OCC2CC12c1ccccc1. The summed E-state index contributed by atoms with van der Waals surface area (Å²) in [6.45, 7) is 0.827. The molecule has 1 aromatic rings. The Kier molecular flexibility index (Phi) is 1.34. The van der Waals surface area contributed by atoms with Gasteiger partial charge in [0.15, 0.2) is 5.05 Å². The number of hydrogen-bond acceptors (Lipinski definition) is 2. The Labute approximate surface area is 82.7 Å². The van der Waals surface area contributed by atoms with E-state index < -0.39 is 0 Å². The van der Waals surface area contributed by atoms with E-state index in [0.29, 0.717) is 5.92 Å². The van der Waals surface area contributed by atoms with E-state index in [9.17, 15) is 0 Å². The number of thiocarbonyl (C=S) groups is 1. The molecule has 1 aliphatic carbocycles. The Morgan fingerprint density at radius 2 is 2.08 bits per heavy atom. The van der Waals surface area contributed by atoms with Gasteiger partial charge in [-0.15, -0.1) is 0 Å². The second kappa shape index (κ2) is 2.32. The van der Waals surface area contributed by atoms with E-state index in [1.165, 1.54) is 12.0 Å². The van der Waals surface area contributed by atoms with Crippen LogP contribution < -0.4 is 0 Å². The van der Waals surface area contributed by atoms with Crippen molar-refractivity contribution in [1.82, 2.24) is 0 Å². The highest BCUT2D eigenvalue weighted by Crippen LogP contribution is 2.59. The summed E-state index contributed by atoms with van der Waals surface area (Å²) in [5, 5.41) is 0.809. The molecule has 13 heavy (non-hydrogen) atoms. The van der Waals surface area contributed by atoms with Gasteiger partial charge in [-0.25, -0.2) is 0 Å². The first kappa shape index (κ1) is 7.51. The molecule has 1 aliphatic heterocycles. The van der Waals surface area contributed by atoms with Crippen LogP contribution in [-0.4, -0.2) is 11.7 Å². The van der Waals surface area contributed by atoms with E-state index in [4.69, 9.17) is 17.0 Å². The first-order chi connectivity index (χ1) is 6.34. The lowest BCUT2D eigenvalue weighted by atomic mass is 9.95. The lowest BCUT2D eigenvalue weighted by molar-refractivity contribution is 0.321. The molecule has 1 saturated carbocycles. The quantitative estimate of drug-likeness (QED) is 0.628. The number of rotatable bonds is 1. The van der Waals surface area contributed by atoms with Gasteiger partial charge in [-0.2, -0.15) is 0 Å². The van der Waals surface area contributed by atoms with E-state index in [0.717, 1.165) is 11.7 Å². The van der Waals surface area contributed by atoms with E-state index in [2.05, 4.69) is 24.3 Å². The van der Waals surface area contributed by atoms with Gasteiger partial charge >= 0.3 is 0 Å². The van der Waals surface area contributed by atoms with Gasteiger partial charge in [0.2, 0.25) is 0 Å². The Hall–Kier alpha value is -0.890. The van der Waals surface area contributed by atoms with Crippen LogP contribution in [0.3, 0.4) is 0 Å². The summed E-state index contributed by atoms with van der Waals surface area (Å²) in [6, 6.07) is 10.5. The van der Waals surface area contributed by atoms with Crippen molar-refractivity contribution in [2.45, 2.75) is 11.8 Å². The van der Waals surface area contributed by atoms with Crippen molar-refractivity contribution in [2.24, 2.45) is 5.92 Å². The molecular formula is C11H10OS. The summed E-state index contributed by atoms with van der Waals surface area (Å²) in [5.74, 6) is 0.655. The average Bonchev–Trinajstić information content (AvgIpc) is 2.84. The normalized spacial score (nSPS) is 35.4. The predicted octanol–water partition coefficient (Wildman–Crippen LogP) is 2.30. The molecule has 0 bridgehead atoms. The Balaban J connectivity index is 2.07. The predicted molar refractivity (Wildman–Crippen MR) is 54.8 cm³/mol. The Morgan fingerprint density at radius 1 is 1.31 bits per heavy atom. The summed E-state index contributed by atoms with van der Waals surface area (Å²) in [7, 11) is 0. The zero-order valence-electron chi connectivity index (χ0n) is 7.19. The maximum absolute atomic E-state index is 5.40. The lowest BCUT2D eigenvalue weighted by Crippen LogP contribution is -2.16. The highest BCUT2D eigenvalue weighted by atomic mass is 32.1. The molecule has 1 aromatic carbocycles. The highest BCUT2D eigenvalue weighted by molar-refractivity contribution is 7.80.